The number of hydrogen-bond acceptors (Lipinski definition) is 6. The van der Waals surface area contributed by atoms with Gasteiger partial charge in [-0.1, -0.05) is 0 Å². The van der Waals surface area contributed by atoms with E-state index in [0.717, 1.165) is 0 Å². The van der Waals surface area contributed by atoms with Gasteiger partial charge < -0.3 is 25.3 Å². The average Bonchev–Trinajstić information content (AvgIpc) is 2.91. The van der Waals surface area contributed by atoms with Crippen LogP contribution in [-0.4, -0.2) is 48.2 Å². The fourth-order valence-corrected chi connectivity index (χ4v) is 2.86. The number of halogens is 1. The lowest BCUT2D eigenvalue weighted by Crippen LogP contribution is -2.47. The summed E-state index contributed by atoms with van der Waals surface area (Å²) in [5.74, 6) is 0.280. The third kappa shape index (κ3) is 2.06. The zero-order valence-corrected chi connectivity index (χ0v) is 12.6. The molecule has 0 bridgehead atoms. The van der Waals surface area contributed by atoms with E-state index in [-0.39, 0.29) is 5.82 Å². The van der Waals surface area contributed by atoms with E-state index >= 15 is 4.39 Å². The molecule has 8 heteroatoms. The molecule has 4 N–H and O–H groups in total. The van der Waals surface area contributed by atoms with Crippen LogP contribution in [0, 0.1) is 0 Å². The molecule has 120 valence electrons. The lowest BCUT2D eigenvalue weighted by molar-refractivity contribution is -0.122. The van der Waals surface area contributed by atoms with Gasteiger partial charge in [0.15, 0.2) is 11.9 Å². The lowest BCUT2D eigenvalue weighted by atomic mass is 9.90. The van der Waals surface area contributed by atoms with Crippen LogP contribution >= 0.6 is 0 Å². The number of nitrogens with two attached hydrogens (primary N) is 1. The first-order chi connectivity index (χ1) is 10.1. The Bertz CT molecular complexity index is 710. The highest BCUT2D eigenvalue weighted by molar-refractivity contribution is 5.86. The quantitative estimate of drug-likeness (QED) is 0.756. The van der Waals surface area contributed by atoms with Gasteiger partial charge in [0.05, 0.1) is 11.0 Å². The molecule has 2 aromatic heterocycles. The molecule has 2 aromatic rings. The van der Waals surface area contributed by atoms with Crippen LogP contribution in [0.15, 0.2) is 18.6 Å². The normalized spacial score (nSPS) is 32.7. The van der Waals surface area contributed by atoms with E-state index in [4.69, 9.17) is 10.5 Å². The fraction of sp³-hybridized carbons (Fsp3) is 0.571. The van der Waals surface area contributed by atoms with Gasteiger partial charge >= 0.3 is 0 Å². The van der Waals surface area contributed by atoms with Crippen molar-refractivity contribution in [2.75, 3.05) is 5.73 Å². The summed E-state index contributed by atoms with van der Waals surface area (Å²) in [6.07, 6.45) is -0.815. The van der Waals surface area contributed by atoms with E-state index in [1.807, 2.05) is 0 Å². The Balaban J connectivity index is 2.09. The lowest BCUT2D eigenvalue weighted by Gasteiger charge is -2.28. The van der Waals surface area contributed by atoms with Crippen LogP contribution in [-0.2, 0) is 4.74 Å². The smallest absolute Gasteiger partial charge is 0.181 e. The molecular formula is C14H19FN4O3. The van der Waals surface area contributed by atoms with Crippen molar-refractivity contribution in [3.8, 4) is 0 Å². The number of ether oxygens (including phenoxy) is 1. The molecule has 1 fully saturated rings. The number of hydrogen-bond donors (Lipinski definition) is 3. The maximum Gasteiger partial charge on any atom is 0.181 e. The van der Waals surface area contributed by atoms with E-state index < -0.39 is 29.7 Å². The molecule has 1 aliphatic heterocycles. The molecule has 4 atom stereocenters. The minimum absolute atomic E-state index is 0.280. The Hall–Kier alpha value is -1.77. The molecule has 0 unspecified atom stereocenters. The van der Waals surface area contributed by atoms with Crippen LogP contribution in [0.5, 0.6) is 0 Å². The molecule has 22 heavy (non-hydrogen) atoms. The first kappa shape index (κ1) is 15.1. The van der Waals surface area contributed by atoms with Gasteiger partial charge in [0.2, 0.25) is 0 Å². The van der Waals surface area contributed by atoms with Crippen molar-refractivity contribution in [3.05, 3.63) is 18.6 Å². The first-order valence-corrected chi connectivity index (χ1v) is 6.96. The second-order valence-electron chi connectivity index (χ2n) is 6.38. The van der Waals surface area contributed by atoms with Gasteiger partial charge in [0.25, 0.3) is 0 Å². The SMILES string of the molecule is CC(C)(O)[C@H]1O[C@@H](n2ccc3c(N)ncnc32)[C@](C)(F)[C@@H]1O. The summed E-state index contributed by atoms with van der Waals surface area (Å²) in [6.45, 7) is 4.17. The van der Waals surface area contributed by atoms with Crippen molar-refractivity contribution in [1.29, 1.82) is 0 Å². The zero-order valence-electron chi connectivity index (χ0n) is 12.6. The maximum absolute atomic E-state index is 15.1. The molecule has 0 aromatic carbocycles. The number of rotatable bonds is 2. The highest BCUT2D eigenvalue weighted by Gasteiger charge is 2.58. The molecule has 3 heterocycles. The summed E-state index contributed by atoms with van der Waals surface area (Å²) in [6, 6.07) is 1.66. The molecule has 0 spiro atoms. The predicted octanol–water partition coefficient (Wildman–Crippen LogP) is 0.771. The average molecular weight is 310 g/mol. The number of anilines is 1. The maximum atomic E-state index is 15.1. The van der Waals surface area contributed by atoms with Crippen molar-refractivity contribution in [3.63, 3.8) is 0 Å². The highest BCUT2D eigenvalue weighted by atomic mass is 19.1. The van der Waals surface area contributed by atoms with Gasteiger partial charge in [-0.3, -0.25) is 0 Å². The van der Waals surface area contributed by atoms with Crippen LogP contribution in [0.2, 0.25) is 0 Å². The largest absolute Gasteiger partial charge is 0.388 e. The monoisotopic (exact) mass is 310 g/mol. The van der Waals surface area contributed by atoms with Gasteiger partial charge in [-0.05, 0) is 26.8 Å². The Kier molecular flexibility index (Phi) is 3.17. The standard InChI is InChI=1S/C14H19FN4O3/c1-13(2,21)9-8(20)14(3,15)12(22-9)19-5-4-7-10(16)17-6-18-11(7)19/h4-6,8-9,12,20-21H,1-3H3,(H2,16,17,18)/t8-,9+,12-,14-/m1/s1. The van der Waals surface area contributed by atoms with E-state index in [1.165, 1.54) is 31.7 Å². The summed E-state index contributed by atoms with van der Waals surface area (Å²) >= 11 is 0. The molecular weight excluding hydrogens is 291 g/mol. The van der Waals surface area contributed by atoms with Crippen molar-refractivity contribution in [1.82, 2.24) is 14.5 Å². The van der Waals surface area contributed by atoms with Crippen LogP contribution < -0.4 is 5.73 Å². The van der Waals surface area contributed by atoms with Crippen LogP contribution in [0.4, 0.5) is 10.2 Å². The number of nitrogen functional groups attached to an aromatic ring is 1. The predicted molar refractivity (Wildman–Crippen MR) is 77.7 cm³/mol. The number of aliphatic hydroxyl groups is 2. The minimum Gasteiger partial charge on any atom is -0.388 e. The van der Waals surface area contributed by atoms with Crippen molar-refractivity contribution < 1.29 is 19.3 Å². The molecule has 1 aliphatic rings. The topological polar surface area (TPSA) is 106 Å². The molecule has 3 rings (SSSR count). The Morgan fingerprint density at radius 3 is 2.73 bits per heavy atom. The molecule has 1 saturated heterocycles. The molecule has 7 nitrogen and oxygen atoms in total. The van der Waals surface area contributed by atoms with Crippen molar-refractivity contribution >= 4 is 16.9 Å². The molecule has 0 aliphatic carbocycles. The van der Waals surface area contributed by atoms with Gasteiger partial charge in [-0.2, -0.15) is 0 Å². The number of aliphatic hydroxyl groups excluding tert-OH is 1. The van der Waals surface area contributed by atoms with Crippen molar-refractivity contribution in [2.24, 2.45) is 0 Å². The highest BCUT2D eigenvalue weighted by Crippen LogP contribution is 2.45. The summed E-state index contributed by atoms with van der Waals surface area (Å²) in [7, 11) is 0. The fourth-order valence-electron chi connectivity index (χ4n) is 2.86. The first-order valence-electron chi connectivity index (χ1n) is 6.96. The third-order valence-electron chi connectivity index (χ3n) is 4.11. The van der Waals surface area contributed by atoms with E-state index in [9.17, 15) is 10.2 Å². The van der Waals surface area contributed by atoms with Gasteiger partial charge in [0, 0.05) is 6.20 Å². The Labute approximate surface area is 126 Å². The molecule has 0 radical (unpaired) electrons. The summed E-state index contributed by atoms with van der Waals surface area (Å²) in [5, 5.41) is 20.9. The zero-order chi connectivity index (χ0) is 16.3. The van der Waals surface area contributed by atoms with E-state index in [1.54, 1.807) is 12.3 Å². The number of alkyl halides is 1. The van der Waals surface area contributed by atoms with Crippen molar-refractivity contribution in [2.45, 2.75) is 50.5 Å². The minimum atomic E-state index is -2.10. The number of fused-ring (bicyclic) bond motifs is 1. The third-order valence-corrected chi connectivity index (χ3v) is 4.11. The number of aromatic nitrogens is 3. The second kappa shape index (κ2) is 4.61. The van der Waals surface area contributed by atoms with Crippen LogP contribution in [0.3, 0.4) is 0 Å². The van der Waals surface area contributed by atoms with Gasteiger partial charge in [0.1, 0.15) is 30.0 Å². The second-order valence-corrected chi connectivity index (χ2v) is 6.38. The van der Waals surface area contributed by atoms with Gasteiger partial charge in [-0.25, -0.2) is 14.4 Å². The summed E-state index contributed by atoms with van der Waals surface area (Å²) in [5.41, 5.74) is 2.69. The Morgan fingerprint density at radius 1 is 1.45 bits per heavy atom. The Morgan fingerprint density at radius 2 is 2.14 bits per heavy atom. The van der Waals surface area contributed by atoms with E-state index in [2.05, 4.69) is 9.97 Å². The van der Waals surface area contributed by atoms with Crippen LogP contribution in [0.25, 0.3) is 11.0 Å². The van der Waals surface area contributed by atoms with Gasteiger partial charge in [-0.15, -0.1) is 0 Å². The molecule has 0 saturated carbocycles. The summed E-state index contributed by atoms with van der Waals surface area (Å²) in [4.78, 5) is 7.99. The van der Waals surface area contributed by atoms with E-state index in [0.29, 0.717) is 11.0 Å². The summed E-state index contributed by atoms with van der Waals surface area (Å²) < 4.78 is 22.2. The number of nitrogens with zero attached hydrogens (tertiary/aromatic N) is 3. The van der Waals surface area contributed by atoms with Crippen LogP contribution in [0.1, 0.15) is 27.0 Å². The molecule has 0 amide bonds.